The van der Waals surface area contributed by atoms with Crippen molar-refractivity contribution in [1.29, 1.82) is 0 Å². The Morgan fingerprint density at radius 1 is 0.944 bits per heavy atom. The van der Waals surface area contributed by atoms with Crippen molar-refractivity contribution in [1.82, 2.24) is 0 Å². The van der Waals surface area contributed by atoms with Crippen molar-refractivity contribution >= 4 is 11.8 Å². The zero-order chi connectivity index (χ0) is 13.0. The van der Waals surface area contributed by atoms with Crippen molar-refractivity contribution in [2.45, 2.75) is 22.8 Å². The number of hydrogen-bond donors (Lipinski definition) is 1. The van der Waals surface area contributed by atoms with Gasteiger partial charge in [0.05, 0.1) is 13.2 Å². The van der Waals surface area contributed by atoms with Crippen LogP contribution >= 0.6 is 11.8 Å². The van der Waals surface area contributed by atoms with Gasteiger partial charge >= 0.3 is 0 Å². The number of benzene rings is 2. The first-order valence-electron chi connectivity index (χ1n) is 5.79. The molecular formula is C15H16O2S. The zero-order valence-corrected chi connectivity index (χ0v) is 11.3. The monoisotopic (exact) mass is 260 g/mol. The van der Waals surface area contributed by atoms with Crippen LogP contribution < -0.4 is 4.74 Å². The molecule has 0 saturated heterocycles. The van der Waals surface area contributed by atoms with Gasteiger partial charge in [0.15, 0.2) is 0 Å². The molecule has 2 nitrogen and oxygen atoms in total. The molecule has 0 saturated carbocycles. The molecule has 0 bridgehead atoms. The van der Waals surface area contributed by atoms with Gasteiger partial charge < -0.3 is 9.84 Å². The fraction of sp³-hybridized carbons (Fsp3) is 0.200. The van der Waals surface area contributed by atoms with Gasteiger partial charge in [0, 0.05) is 9.79 Å². The molecule has 0 aliphatic heterocycles. The van der Waals surface area contributed by atoms with Crippen LogP contribution in [0.1, 0.15) is 18.6 Å². The summed E-state index contributed by atoms with van der Waals surface area (Å²) in [6.45, 7) is 1.77. The maximum Gasteiger partial charge on any atom is 0.118 e. The molecule has 1 atom stereocenters. The molecule has 0 spiro atoms. The molecule has 2 aromatic carbocycles. The average Bonchev–Trinajstić information content (AvgIpc) is 2.40. The average molecular weight is 260 g/mol. The van der Waals surface area contributed by atoms with Gasteiger partial charge in [-0.05, 0) is 48.9 Å². The third-order valence-electron chi connectivity index (χ3n) is 2.66. The molecule has 0 amide bonds. The number of hydrogen-bond acceptors (Lipinski definition) is 3. The molecule has 0 fully saturated rings. The molecule has 0 unspecified atom stereocenters. The minimum absolute atomic E-state index is 0.412. The lowest BCUT2D eigenvalue weighted by Gasteiger charge is -2.06. The molecule has 0 aromatic heterocycles. The fourth-order valence-electron chi connectivity index (χ4n) is 1.59. The number of ether oxygens (including phenoxy) is 1. The van der Waals surface area contributed by atoms with Crippen LogP contribution in [0.4, 0.5) is 0 Å². The molecule has 1 N–H and O–H groups in total. The Kier molecular flexibility index (Phi) is 4.28. The van der Waals surface area contributed by atoms with E-state index in [0.29, 0.717) is 0 Å². The molecule has 0 aliphatic carbocycles. The maximum absolute atomic E-state index is 9.44. The van der Waals surface area contributed by atoms with Gasteiger partial charge in [-0.2, -0.15) is 0 Å². The lowest BCUT2D eigenvalue weighted by atomic mass is 10.1. The largest absolute Gasteiger partial charge is 0.497 e. The summed E-state index contributed by atoms with van der Waals surface area (Å²) in [4.78, 5) is 2.32. The van der Waals surface area contributed by atoms with E-state index in [4.69, 9.17) is 4.74 Å². The van der Waals surface area contributed by atoms with Crippen LogP contribution in [-0.4, -0.2) is 12.2 Å². The van der Waals surface area contributed by atoms with E-state index in [9.17, 15) is 5.11 Å². The van der Waals surface area contributed by atoms with Gasteiger partial charge in [-0.1, -0.05) is 23.9 Å². The first-order valence-corrected chi connectivity index (χ1v) is 6.60. The molecule has 2 rings (SSSR count). The molecular weight excluding hydrogens is 244 g/mol. The van der Waals surface area contributed by atoms with Crippen LogP contribution in [0.25, 0.3) is 0 Å². The second-order valence-electron chi connectivity index (χ2n) is 4.02. The van der Waals surface area contributed by atoms with Crippen LogP contribution in [-0.2, 0) is 0 Å². The van der Waals surface area contributed by atoms with E-state index in [1.54, 1.807) is 25.8 Å². The third-order valence-corrected chi connectivity index (χ3v) is 3.67. The summed E-state index contributed by atoms with van der Waals surface area (Å²) in [5.74, 6) is 0.865. The molecule has 2 aromatic rings. The third kappa shape index (κ3) is 3.28. The molecule has 3 heteroatoms. The van der Waals surface area contributed by atoms with Crippen molar-refractivity contribution in [3.8, 4) is 5.75 Å². The van der Waals surface area contributed by atoms with Gasteiger partial charge in [0.1, 0.15) is 5.75 Å². The highest BCUT2D eigenvalue weighted by molar-refractivity contribution is 7.99. The van der Waals surface area contributed by atoms with Gasteiger partial charge in [0.25, 0.3) is 0 Å². The molecule has 0 aliphatic rings. The summed E-state index contributed by atoms with van der Waals surface area (Å²) in [5, 5.41) is 9.44. The minimum Gasteiger partial charge on any atom is -0.497 e. The Hall–Kier alpha value is -1.45. The van der Waals surface area contributed by atoms with E-state index in [0.717, 1.165) is 16.2 Å². The van der Waals surface area contributed by atoms with Crippen molar-refractivity contribution in [3.63, 3.8) is 0 Å². The molecule has 0 heterocycles. The summed E-state index contributed by atoms with van der Waals surface area (Å²) in [5.41, 5.74) is 0.939. The van der Waals surface area contributed by atoms with E-state index in [1.165, 1.54) is 4.90 Å². The van der Waals surface area contributed by atoms with Crippen molar-refractivity contribution in [3.05, 3.63) is 54.1 Å². The van der Waals surface area contributed by atoms with Crippen LogP contribution in [0.15, 0.2) is 58.3 Å². The number of aliphatic hydroxyl groups excluding tert-OH is 1. The lowest BCUT2D eigenvalue weighted by Crippen LogP contribution is -1.89. The SMILES string of the molecule is COc1ccc(Sc2ccc([C@H](C)O)cc2)cc1. The molecule has 0 radical (unpaired) electrons. The Balaban J connectivity index is 2.08. The topological polar surface area (TPSA) is 29.5 Å². The summed E-state index contributed by atoms with van der Waals surface area (Å²) in [6.07, 6.45) is -0.412. The number of methoxy groups -OCH3 is 1. The second-order valence-corrected chi connectivity index (χ2v) is 5.17. The Bertz CT molecular complexity index is 489. The van der Waals surface area contributed by atoms with Crippen LogP contribution in [0.5, 0.6) is 5.75 Å². The molecule has 94 valence electrons. The highest BCUT2D eigenvalue weighted by Crippen LogP contribution is 2.29. The first-order chi connectivity index (χ1) is 8.69. The summed E-state index contributed by atoms with van der Waals surface area (Å²) < 4.78 is 5.12. The first kappa shape index (κ1) is 13.0. The zero-order valence-electron chi connectivity index (χ0n) is 10.5. The number of rotatable bonds is 4. The van der Waals surface area contributed by atoms with Gasteiger partial charge in [-0.15, -0.1) is 0 Å². The van der Waals surface area contributed by atoms with Gasteiger partial charge in [-0.3, -0.25) is 0 Å². The highest BCUT2D eigenvalue weighted by Gasteiger charge is 2.02. The quantitative estimate of drug-likeness (QED) is 0.904. The fourth-order valence-corrected chi connectivity index (χ4v) is 2.41. The van der Waals surface area contributed by atoms with Gasteiger partial charge in [0.2, 0.25) is 0 Å². The van der Waals surface area contributed by atoms with Crippen LogP contribution in [0, 0.1) is 0 Å². The van der Waals surface area contributed by atoms with E-state index in [2.05, 4.69) is 0 Å². The lowest BCUT2D eigenvalue weighted by molar-refractivity contribution is 0.199. The minimum atomic E-state index is -0.412. The predicted octanol–water partition coefficient (Wildman–Crippen LogP) is 3.90. The summed E-state index contributed by atoms with van der Waals surface area (Å²) in [6, 6.07) is 15.9. The smallest absolute Gasteiger partial charge is 0.118 e. The van der Waals surface area contributed by atoms with E-state index >= 15 is 0 Å². The number of aliphatic hydroxyl groups is 1. The standard InChI is InChI=1S/C15H16O2S/c1-11(16)12-3-7-14(8-4-12)18-15-9-5-13(17-2)6-10-15/h3-11,16H,1-2H3/t11-/m0/s1. The Morgan fingerprint density at radius 3 is 1.89 bits per heavy atom. The maximum atomic E-state index is 9.44. The molecule has 18 heavy (non-hydrogen) atoms. The highest BCUT2D eigenvalue weighted by atomic mass is 32.2. The van der Waals surface area contributed by atoms with Crippen LogP contribution in [0.2, 0.25) is 0 Å². The summed E-state index contributed by atoms with van der Waals surface area (Å²) >= 11 is 1.69. The van der Waals surface area contributed by atoms with Gasteiger partial charge in [-0.25, -0.2) is 0 Å². The van der Waals surface area contributed by atoms with Crippen molar-refractivity contribution in [2.75, 3.05) is 7.11 Å². The van der Waals surface area contributed by atoms with E-state index in [1.807, 2.05) is 48.5 Å². The normalized spacial score (nSPS) is 12.2. The second kappa shape index (κ2) is 5.94. The predicted molar refractivity (Wildman–Crippen MR) is 74.2 cm³/mol. The Morgan fingerprint density at radius 2 is 1.44 bits per heavy atom. The van der Waals surface area contributed by atoms with Crippen LogP contribution in [0.3, 0.4) is 0 Å². The Labute approximate surface area is 112 Å². The summed E-state index contributed by atoms with van der Waals surface area (Å²) in [7, 11) is 1.66. The van der Waals surface area contributed by atoms with Crippen molar-refractivity contribution < 1.29 is 9.84 Å². The van der Waals surface area contributed by atoms with Crippen molar-refractivity contribution in [2.24, 2.45) is 0 Å². The van der Waals surface area contributed by atoms with E-state index in [-0.39, 0.29) is 0 Å². The van der Waals surface area contributed by atoms with E-state index < -0.39 is 6.10 Å².